The summed E-state index contributed by atoms with van der Waals surface area (Å²) in [6.07, 6.45) is 1.60. The maximum Gasteiger partial charge on any atom is 0.272 e. The van der Waals surface area contributed by atoms with E-state index in [-0.39, 0.29) is 5.91 Å². The molecule has 1 aromatic heterocycles. The summed E-state index contributed by atoms with van der Waals surface area (Å²) in [5.41, 5.74) is 10.8. The molecule has 1 aromatic carbocycles. The van der Waals surface area contributed by atoms with Crippen LogP contribution in [0.15, 0.2) is 24.4 Å². The summed E-state index contributed by atoms with van der Waals surface area (Å²) in [7, 11) is 0. The number of carbonyl (C=O) groups excluding carboxylic acids is 1. The van der Waals surface area contributed by atoms with Gasteiger partial charge in [-0.25, -0.2) is 0 Å². The normalized spacial score (nSPS) is 10.4. The minimum atomic E-state index is -0.179. The number of rotatable bonds is 2. The summed E-state index contributed by atoms with van der Waals surface area (Å²) in [4.78, 5) is 14.9. The molecule has 18 heavy (non-hydrogen) atoms. The number of hydrogen-bond acceptors (Lipinski definition) is 2. The van der Waals surface area contributed by atoms with Crippen LogP contribution in [0.4, 0.5) is 11.4 Å². The Kier molecular flexibility index (Phi) is 3.10. The fraction of sp³-hybridized carbons (Fsp3) is 0.214. The zero-order chi connectivity index (χ0) is 13.3. The van der Waals surface area contributed by atoms with Gasteiger partial charge in [0, 0.05) is 17.6 Å². The number of aromatic amines is 1. The van der Waals surface area contributed by atoms with Gasteiger partial charge in [-0.2, -0.15) is 0 Å². The van der Waals surface area contributed by atoms with Crippen molar-refractivity contribution in [2.24, 2.45) is 0 Å². The minimum absolute atomic E-state index is 0.179. The summed E-state index contributed by atoms with van der Waals surface area (Å²) in [6.45, 7) is 6.01. The Morgan fingerprint density at radius 1 is 1.17 bits per heavy atom. The maximum absolute atomic E-state index is 12.0. The summed E-state index contributed by atoms with van der Waals surface area (Å²) < 4.78 is 0. The lowest BCUT2D eigenvalue weighted by atomic mass is 10.1. The number of hydrogen-bond donors (Lipinski definition) is 3. The molecule has 4 nitrogen and oxygen atoms in total. The van der Waals surface area contributed by atoms with Crippen LogP contribution >= 0.6 is 0 Å². The Balaban J connectivity index is 2.27. The van der Waals surface area contributed by atoms with E-state index in [0.717, 1.165) is 16.8 Å². The van der Waals surface area contributed by atoms with E-state index in [4.69, 9.17) is 5.73 Å². The second-order valence-electron chi connectivity index (χ2n) is 4.57. The van der Waals surface area contributed by atoms with Crippen molar-refractivity contribution in [3.05, 3.63) is 46.8 Å². The van der Waals surface area contributed by atoms with E-state index < -0.39 is 0 Å². The number of aromatic nitrogens is 1. The molecule has 0 saturated carbocycles. The summed E-state index contributed by atoms with van der Waals surface area (Å²) >= 11 is 0. The number of nitrogens with one attached hydrogen (secondary N) is 2. The monoisotopic (exact) mass is 243 g/mol. The Morgan fingerprint density at radius 3 is 2.28 bits per heavy atom. The number of nitrogen functional groups attached to an aromatic ring is 1. The lowest BCUT2D eigenvalue weighted by molar-refractivity contribution is 0.102. The highest BCUT2D eigenvalue weighted by molar-refractivity contribution is 6.04. The first-order valence-electron chi connectivity index (χ1n) is 5.80. The van der Waals surface area contributed by atoms with Gasteiger partial charge in [0.1, 0.15) is 5.69 Å². The molecule has 0 aliphatic rings. The highest BCUT2D eigenvalue weighted by Gasteiger charge is 2.11. The van der Waals surface area contributed by atoms with Gasteiger partial charge in [0.05, 0.1) is 0 Å². The molecule has 4 heteroatoms. The maximum atomic E-state index is 12.0. The van der Waals surface area contributed by atoms with Crippen LogP contribution in [-0.2, 0) is 0 Å². The molecule has 0 radical (unpaired) electrons. The number of carbonyl (C=O) groups is 1. The van der Waals surface area contributed by atoms with Gasteiger partial charge in [-0.05, 0) is 38.0 Å². The third-order valence-corrected chi connectivity index (χ3v) is 2.87. The molecular weight excluding hydrogens is 226 g/mol. The molecule has 1 heterocycles. The van der Waals surface area contributed by atoms with Crippen molar-refractivity contribution in [1.82, 2.24) is 4.98 Å². The van der Waals surface area contributed by atoms with Crippen LogP contribution in [0, 0.1) is 20.8 Å². The number of nitrogens with two attached hydrogens (primary N) is 1. The van der Waals surface area contributed by atoms with Crippen molar-refractivity contribution in [2.75, 3.05) is 11.1 Å². The minimum Gasteiger partial charge on any atom is -0.397 e. The standard InChI is InChI=1S/C14H17N3O/c1-8-4-9(2)13(10(3)5-8)17-14(18)12-6-11(15)7-16-12/h4-7,16H,15H2,1-3H3,(H,17,18). The van der Waals surface area contributed by atoms with Crippen LogP contribution in [0.25, 0.3) is 0 Å². The first-order valence-corrected chi connectivity index (χ1v) is 5.80. The van der Waals surface area contributed by atoms with Gasteiger partial charge >= 0.3 is 0 Å². The molecule has 0 saturated heterocycles. The van der Waals surface area contributed by atoms with Crippen molar-refractivity contribution >= 4 is 17.3 Å². The van der Waals surface area contributed by atoms with Crippen LogP contribution < -0.4 is 11.1 Å². The molecular formula is C14H17N3O. The van der Waals surface area contributed by atoms with Crippen molar-refractivity contribution < 1.29 is 4.79 Å². The zero-order valence-electron chi connectivity index (χ0n) is 10.8. The van der Waals surface area contributed by atoms with Gasteiger partial charge < -0.3 is 16.0 Å². The van der Waals surface area contributed by atoms with Crippen molar-refractivity contribution in [3.63, 3.8) is 0 Å². The molecule has 0 spiro atoms. The number of benzene rings is 1. The van der Waals surface area contributed by atoms with Gasteiger partial charge in [-0.3, -0.25) is 4.79 Å². The number of amides is 1. The van der Waals surface area contributed by atoms with Gasteiger partial charge in [0.15, 0.2) is 0 Å². The molecule has 0 unspecified atom stereocenters. The van der Waals surface area contributed by atoms with E-state index in [1.165, 1.54) is 5.56 Å². The van der Waals surface area contributed by atoms with Crippen molar-refractivity contribution in [1.29, 1.82) is 0 Å². The SMILES string of the molecule is Cc1cc(C)c(NC(=O)c2cc(N)c[nH]2)c(C)c1. The molecule has 0 atom stereocenters. The summed E-state index contributed by atoms with van der Waals surface area (Å²) in [5.74, 6) is -0.179. The fourth-order valence-corrected chi connectivity index (χ4v) is 2.10. The summed E-state index contributed by atoms with van der Waals surface area (Å²) in [6, 6.07) is 5.71. The second kappa shape index (κ2) is 4.56. The van der Waals surface area contributed by atoms with E-state index >= 15 is 0 Å². The Hall–Kier alpha value is -2.23. The van der Waals surface area contributed by atoms with Gasteiger partial charge in [0.2, 0.25) is 0 Å². The second-order valence-corrected chi connectivity index (χ2v) is 4.57. The Labute approximate surface area is 106 Å². The van der Waals surface area contributed by atoms with Gasteiger partial charge in [-0.15, -0.1) is 0 Å². The number of anilines is 2. The van der Waals surface area contributed by atoms with Crippen LogP contribution in [-0.4, -0.2) is 10.9 Å². The highest BCUT2D eigenvalue weighted by atomic mass is 16.1. The molecule has 2 aromatic rings. The van der Waals surface area contributed by atoms with Crippen molar-refractivity contribution in [3.8, 4) is 0 Å². The molecule has 0 bridgehead atoms. The number of H-pyrrole nitrogens is 1. The topological polar surface area (TPSA) is 70.9 Å². The quantitative estimate of drug-likeness (QED) is 0.759. The van der Waals surface area contributed by atoms with E-state index in [9.17, 15) is 4.79 Å². The van der Waals surface area contributed by atoms with Crippen LogP contribution in [0.3, 0.4) is 0 Å². The number of aryl methyl sites for hydroxylation is 3. The van der Waals surface area contributed by atoms with Crippen LogP contribution in [0.2, 0.25) is 0 Å². The zero-order valence-corrected chi connectivity index (χ0v) is 10.8. The van der Waals surface area contributed by atoms with E-state index in [1.807, 2.05) is 32.9 Å². The van der Waals surface area contributed by atoms with Gasteiger partial charge in [0.25, 0.3) is 5.91 Å². The van der Waals surface area contributed by atoms with Gasteiger partial charge in [-0.1, -0.05) is 17.7 Å². The lowest BCUT2D eigenvalue weighted by Crippen LogP contribution is -2.14. The highest BCUT2D eigenvalue weighted by Crippen LogP contribution is 2.22. The van der Waals surface area contributed by atoms with Crippen molar-refractivity contribution in [2.45, 2.75) is 20.8 Å². The third-order valence-electron chi connectivity index (χ3n) is 2.87. The van der Waals surface area contributed by atoms with E-state index in [0.29, 0.717) is 11.4 Å². The Bertz CT molecular complexity index is 576. The smallest absolute Gasteiger partial charge is 0.272 e. The van der Waals surface area contributed by atoms with E-state index in [1.54, 1.807) is 12.3 Å². The first-order chi connectivity index (χ1) is 8.47. The average Bonchev–Trinajstić information content (AvgIpc) is 2.70. The Morgan fingerprint density at radius 2 is 1.78 bits per heavy atom. The fourth-order valence-electron chi connectivity index (χ4n) is 2.10. The average molecular weight is 243 g/mol. The first kappa shape index (κ1) is 12.2. The molecule has 0 aliphatic carbocycles. The summed E-state index contributed by atoms with van der Waals surface area (Å²) in [5, 5.41) is 2.91. The molecule has 4 N–H and O–H groups in total. The predicted octanol–water partition coefficient (Wildman–Crippen LogP) is 2.77. The molecule has 0 aliphatic heterocycles. The molecule has 94 valence electrons. The molecule has 0 fully saturated rings. The third kappa shape index (κ3) is 2.37. The molecule has 2 rings (SSSR count). The van der Waals surface area contributed by atoms with E-state index in [2.05, 4.69) is 10.3 Å². The lowest BCUT2D eigenvalue weighted by Gasteiger charge is -2.12. The largest absolute Gasteiger partial charge is 0.397 e. The van der Waals surface area contributed by atoms with Crippen LogP contribution in [0.5, 0.6) is 0 Å². The molecule has 1 amide bonds. The van der Waals surface area contributed by atoms with Crippen LogP contribution in [0.1, 0.15) is 27.2 Å². The predicted molar refractivity (Wildman–Crippen MR) is 73.8 cm³/mol.